The van der Waals surface area contributed by atoms with E-state index in [2.05, 4.69) is 9.97 Å². The highest BCUT2D eigenvalue weighted by Crippen LogP contribution is 2.42. The summed E-state index contributed by atoms with van der Waals surface area (Å²) < 4.78 is 5.68. The summed E-state index contributed by atoms with van der Waals surface area (Å²) >= 11 is 0. The van der Waals surface area contributed by atoms with E-state index in [0.29, 0.717) is 5.82 Å². The van der Waals surface area contributed by atoms with E-state index in [9.17, 15) is 9.59 Å². The average Bonchev–Trinajstić information content (AvgIpc) is 2.89. The molecule has 2 bridgehead atoms. The van der Waals surface area contributed by atoms with Crippen LogP contribution >= 0.6 is 0 Å². The fraction of sp³-hybridized carbons (Fsp3) is 0.545. The Morgan fingerprint density at radius 2 is 2.35 bits per heavy atom. The van der Waals surface area contributed by atoms with Crippen LogP contribution in [0.2, 0.25) is 0 Å². The standard InChI is InChI=1S/C11H12N2O4/c14-10-7(11(15)16)4-12-9(13-10)6-3-5-1-2-8(6)17-5/h4-6,8H,1-3H2,(H,15,16)(H,12,13,14). The van der Waals surface area contributed by atoms with Crippen molar-refractivity contribution in [1.82, 2.24) is 9.97 Å². The molecular weight excluding hydrogens is 224 g/mol. The van der Waals surface area contributed by atoms with Crippen molar-refractivity contribution >= 4 is 5.97 Å². The van der Waals surface area contributed by atoms with Gasteiger partial charge in [0.2, 0.25) is 0 Å². The van der Waals surface area contributed by atoms with E-state index < -0.39 is 11.5 Å². The third-order valence-electron chi connectivity index (χ3n) is 3.51. The van der Waals surface area contributed by atoms with Crippen molar-refractivity contribution in [2.75, 3.05) is 0 Å². The molecule has 2 saturated heterocycles. The number of carbonyl (C=O) groups is 1. The quantitative estimate of drug-likeness (QED) is 0.780. The lowest BCUT2D eigenvalue weighted by molar-refractivity contribution is 0.0694. The number of hydrogen-bond acceptors (Lipinski definition) is 4. The summed E-state index contributed by atoms with van der Waals surface area (Å²) in [5, 5.41) is 8.74. The molecule has 0 aromatic carbocycles. The molecule has 3 heterocycles. The number of H-pyrrole nitrogens is 1. The molecule has 6 heteroatoms. The van der Waals surface area contributed by atoms with Gasteiger partial charge in [-0.05, 0) is 19.3 Å². The van der Waals surface area contributed by atoms with Gasteiger partial charge in [-0.15, -0.1) is 0 Å². The molecule has 2 aliphatic heterocycles. The summed E-state index contributed by atoms with van der Waals surface area (Å²) in [6.07, 6.45) is 4.44. The number of aromatic amines is 1. The van der Waals surface area contributed by atoms with Gasteiger partial charge in [-0.25, -0.2) is 9.78 Å². The number of nitrogens with zero attached hydrogens (tertiary/aromatic N) is 1. The molecule has 3 atom stereocenters. The molecule has 2 N–H and O–H groups in total. The first kappa shape index (κ1) is 10.5. The number of aromatic carboxylic acids is 1. The molecule has 17 heavy (non-hydrogen) atoms. The molecule has 1 aromatic heterocycles. The maximum absolute atomic E-state index is 11.5. The van der Waals surface area contributed by atoms with Crippen LogP contribution in [0, 0.1) is 0 Å². The van der Waals surface area contributed by atoms with Gasteiger partial charge in [0.15, 0.2) is 0 Å². The second-order valence-electron chi connectivity index (χ2n) is 4.53. The van der Waals surface area contributed by atoms with E-state index >= 15 is 0 Å². The van der Waals surface area contributed by atoms with Gasteiger partial charge in [0, 0.05) is 12.1 Å². The van der Waals surface area contributed by atoms with Gasteiger partial charge >= 0.3 is 5.97 Å². The van der Waals surface area contributed by atoms with Crippen molar-refractivity contribution < 1.29 is 14.6 Å². The molecule has 3 unspecified atom stereocenters. The minimum absolute atomic E-state index is 0.101. The molecule has 0 saturated carbocycles. The summed E-state index contributed by atoms with van der Waals surface area (Å²) in [4.78, 5) is 28.8. The number of hydrogen-bond donors (Lipinski definition) is 2. The SMILES string of the molecule is O=C(O)c1cnc(C2CC3CCC2O3)[nH]c1=O. The zero-order valence-corrected chi connectivity index (χ0v) is 9.05. The number of nitrogens with one attached hydrogen (secondary N) is 1. The Balaban J connectivity index is 1.92. The Kier molecular flexibility index (Phi) is 2.25. The number of rotatable bonds is 2. The number of ether oxygens (including phenoxy) is 1. The smallest absolute Gasteiger partial charge is 0.342 e. The predicted molar refractivity (Wildman–Crippen MR) is 57.1 cm³/mol. The lowest BCUT2D eigenvalue weighted by Crippen LogP contribution is -2.24. The summed E-state index contributed by atoms with van der Waals surface area (Å²) in [5.41, 5.74) is -0.914. The molecule has 2 aliphatic rings. The van der Waals surface area contributed by atoms with Crippen LogP contribution in [-0.4, -0.2) is 33.3 Å². The fourth-order valence-corrected chi connectivity index (χ4v) is 2.68. The van der Waals surface area contributed by atoms with Crippen LogP contribution in [0.5, 0.6) is 0 Å². The first-order valence-electron chi connectivity index (χ1n) is 5.63. The maximum atomic E-state index is 11.5. The van der Waals surface area contributed by atoms with Gasteiger partial charge in [-0.2, -0.15) is 0 Å². The number of carboxylic acids is 1. The van der Waals surface area contributed by atoms with Gasteiger partial charge in [0.25, 0.3) is 5.56 Å². The summed E-state index contributed by atoms with van der Waals surface area (Å²) in [6.45, 7) is 0. The third kappa shape index (κ3) is 1.64. The number of aromatic nitrogens is 2. The molecule has 90 valence electrons. The summed E-state index contributed by atoms with van der Waals surface area (Å²) in [7, 11) is 0. The van der Waals surface area contributed by atoms with Gasteiger partial charge in [0.05, 0.1) is 12.2 Å². The maximum Gasteiger partial charge on any atom is 0.342 e. The van der Waals surface area contributed by atoms with Crippen LogP contribution in [-0.2, 0) is 4.74 Å². The molecule has 0 spiro atoms. The van der Waals surface area contributed by atoms with Crippen LogP contribution in [0.4, 0.5) is 0 Å². The van der Waals surface area contributed by atoms with Crippen molar-refractivity contribution in [3.63, 3.8) is 0 Å². The Labute approximate surface area is 96.6 Å². The van der Waals surface area contributed by atoms with Gasteiger partial charge in [-0.3, -0.25) is 4.79 Å². The van der Waals surface area contributed by atoms with Gasteiger partial charge in [-0.1, -0.05) is 0 Å². The van der Waals surface area contributed by atoms with Crippen molar-refractivity contribution in [2.45, 2.75) is 37.4 Å². The minimum atomic E-state index is -1.26. The van der Waals surface area contributed by atoms with Crippen molar-refractivity contribution in [1.29, 1.82) is 0 Å². The highest BCUT2D eigenvalue weighted by molar-refractivity contribution is 5.86. The van der Waals surface area contributed by atoms with Crippen LogP contribution in [0.15, 0.2) is 11.0 Å². The van der Waals surface area contributed by atoms with E-state index in [1.54, 1.807) is 0 Å². The Morgan fingerprint density at radius 3 is 2.88 bits per heavy atom. The van der Waals surface area contributed by atoms with Crippen LogP contribution in [0.3, 0.4) is 0 Å². The van der Waals surface area contributed by atoms with Crippen molar-refractivity contribution in [3.05, 3.63) is 27.9 Å². The lowest BCUT2D eigenvalue weighted by Gasteiger charge is -2.17. The fourth-order valence-electron chi connectivity index (χ4n) is 2.68. The summed E-state index contributed by atoms with van der Waals surface area (Å²) in [6, 6.07) is 0. The third-order valence-corrected chi connectivity index (χ3v) is 3.51. The molecule has 0 amide bonds. The highest BCUT2D eigenvalue weighted by atomic mass is 16.5. The highest BCUT2D eigenvalue weighted by Gasteiger charge is 2.42. The van der Waals surface area contributed by atoms with Crippen molar-refractivity contribution in [3.8, 4) is 0 Å². The van der Waals surface area contributed by atoms with Crippen LogP contribution in [0.25, 0.3) is 0 Å². The molecule has 3 rings (SSSR count). The van der Waals surface area contributed by atoms with Gasteiger partial charge in [0.1, 0.15) is 11.4 Å². The van der Waals surface area contributed by atoms with E-state index in [-0.39, 0.29) is 23.7 Å². The second-order valence-corrected chi connectivity index (χ2v) is 4.53. The van der Waals surface area contributed by atoms with Crippen molar-refractivity contribution in [2.24, 2.45) is 0 Å². The largest absolute Gasteiger partial charge is 0.477 e. The molecule has 0 radical (unpaired) electrons. The Bertz CT molecular complexity index is 524. The summed E-state index contributed by atoms with van der Waals surface area (Å²) in [5.74, 6) is -0.606. The Hall–Kier alpha value is -1.69. The van der Waals surface area contributed by atoms with Crippen LogP contribution < -0.4 is 5.56 Å². The van der Waals surface area contributed by atoms with E-state index in [1.165, 1.54) is 0 Å². The molecule has 0 aliphatic carbocycles. The predicted octanol–water partition coefficient (Wildman–Crippen LogP) is 0.503. The molecule has 2 fully saturated rings. The zero-order chi connectivity index (χ0) is 12.0. The van der Waals surface area contributed by atoms with E-state index in [0.717, 1.165) is 25.5 Å². The lowest BCUT2D eigenvalue weighted by atomic mass is 9.88. The van der Waals surface area contributed by atoms with E-state index in [4.69, 9.17) is 9.84 Å². The van der Waals surface area contributed by atoms with Crippen LogP contribution in [0.1, 0.15) is 41.4 Å². The first-order chi connectivity index (χ1) is 8.15. The number of fused-ring (bicyclic) bond motifs is 2. The first-order valence-corrected chi connectivity index (χ1v) is 5.63. The number of carboxylic acid groups (broad SMARTS) is 1. The molecular formula is C11H12N2O4. The van der Waals surface area contributed by atoms with E-state index in [1.807, 2.05) is 0 Å². The topological polar surface area (TPSA) is 92.3 Å². The minimum Gasteiger partial charge on any atom is -0.477 e. The molecule has 1 aromatic rings. The zero-order valence-electron chi connectivity index (χ0n) is 9.05. The average molecular weight is 236 g/mol. The monoisotopic (exact) mass is 236 g/mol. The molecule has 6 nitrogen and oxygen atoms in total. The normalized spacial score (nSPS) is 30.7. The Morgan fingerprint density at radius 1 is 1.53 bits per heavy atom. The second kappa shape index (κ2) is 3.66. The van der Waals surface area contributed by atoms with Gasteiger partial charge < -0.3 is 14.8 Å².